The number of nitrogens with zero attached hydrogens (tertiary/aromatic N) is 2. The van der Waals surface area contributed by atoms with Crippen LogP contribution in [0.3, 0.4) is 0 Å². The monoisotopic (exact) mass is 460 g/mol. The third kappa shape index (κ3) is 4.76. The largest absolute Gasteiger partial charge is 0.466 e. The molecule has 0 bridgehead atoms. The molecule has 1 saturated carbocycles. The first-order valence-corrected chi connectivity index (χ1v) is 12.0. The highest BCUT2D eigenvalue weighted by Gasteiger charge is 2.54. The average molecular weight is 461 g/mol. The third-order valence-corrected chi connectivity index (χ3v) is 7.32. The fourth-order valence-electron chi connectivity index (χ4n) is 5.34. The quantitative estimate of drug-likeness (QED) is 0.644. The lowest BCUT2D eigenvalue weighted by atomic mass is 9.83. The molecule has 4 rings (SSSR count). The number of ether oxygens (including phenoxy) is 2. The van der Waals surface area contributed by atoms with Gasteiger partial charge in [0.05, 0.1) is 19.1 Å². The summed E-state index contributed by atoms with van der Waals surface area (Å²) in [6, 6.07) is 4.84. The average Bonchev–Trinajstić information content (AvgIpc) is 3.19. The highest BCUT2D eigenvalue weighted by atomic mass is 19.1. The van der Waals surface area contributed by atoms with Crippen molar-refractivity contribution in [3.63, 3.8) is 0 Å². The van der Waals surface area contributed by atoms with E-state index in [4.69, 9.17) is 9.47 Å². The summed E-state index contributed by atoms with van der Waals surface area (Å²) in [5.74, 6) is -0.922. The van der Waals surface area contributed by atoms with Gasteiger partial charge in [0, 0.05) is 18.7 Å². The van der Waals surface area contributed by atoms with E-state index < -0.39 is 17.6 Å². The number of carbonyl (C=O) groups is 3. The normalized spacial score (nSPS) is 28.2. The van der Waals surface area contributed by atoms with E-state index in [0.29, 0.717) is 51.3 Å². The molecule has 1 aromatic rings. The molecule has 0 radical (unpaired) electrons. The first-order chi connectivity index (χ1) is 15.8. The van der Waals surface area contributed by atoms with Crippen LogP contribution in [0.4, 0.5) is 4.39 Å². The zero-order valence-corrected chi connectivity index (χ0v) is 19.4. The molecular formula is C25H33FN2O5. The highest BCUT2D eigenvalue weighted by Crippen LogP contribution is 2.43. The number of likely N-dealkylation sites (tertiary alicyclic amines) is 1. The smallest absolute Gasteiger partial charge is 0.309 e. The van der Waals surface area contributed by atoms with E-state index in [0.717, 1.165) is 12.8 Å². The van der Waals surface area contributed by atoms with Crippen molar-refractivity contribution < 1.29 is 28.2 Å². The van der Waals surface area contributed by atoms with Crippen LogP contribution in [0.5, 0.6) is 0 Å². The van der Waals surface area contributed by atoms with Crippen molar-refractivity contribution >= 4 is 17.8 Å². The summed E-state index contributed by atoms with van der Waals surface area (Å²) in [6.07, 6.45) is 4.20. The van der Waals surface area contributed by atoms with Gasteiger partial charge in [-0.25, -0.2) is 4.39 Å². The van der Waals surface area contributed by atoms with E-state index in [9.17, 15) is 18.8 Å². The summed E-state index contributed by atoms with van der Waals surface area (Å²) in [4.78, 5) is 42.5. The Morgan fingerprint density at radius 1 is 1.15 bits per heavy atom. The number of carbonyl (C=O) groups excluding carboxylic acids is 3. The van der Waals surface area contributed by atoms with Crippen molar-refractivity contribution in [3.05, 3.63) is 35.6 Å². The second kappa shape index (κ2) is 9.79. The lowest BCUT2D eigenvalue weighted by molar-refractivity contribution is -0.152. The second-order valence-corrected chi connectivity index (χ2v) is 9.49. The number of hydrogen-bond acceptors (Lipinski definition) is 5. The molecule has 0 aromatic heterocycles. The van der Waals surface area contributed by atoms with Gasteiger partial charge in [-0.15, -0.1) is 0 Å². The molecule has 2 amide bonds. The van der Waals surface area contributed by atoms with Crippen molar-refractivity contribution in [1.29, 1.82) is 0 Å². The molecule has 0 N–H and O–H groups in total. The SMILES string of the molecule is CCOC(=O)C1CCN(C(=O)C2COC3(CCC(C)CC3)N2C(=O)c2cccc(F)c2)CC1. The summed E-state index contributed by atoms with van der Waals surface area (Å²) in [6.45, 7) is 5.30. The maximum atomic E-state index is 13.9. The van der Waals surface area contributed by atoms with Crippen molar-refractivity contribution in [3.8, 4) is 0 Å². The highest BCUT2D eigenvalue weighted by molar-refractivity contribution is 5.98. The zero-order valence-electron chi connectivity index (χ0n) is 19.4. The molecule has 1 aliphatic carbocycles. The Bertz CT molecular complexity index is 891. The first-order valence-electron chi connectivity index (χ1n) is 12.0. The molecule has 180 valence electrons. The van der Waals surface area contributed by atoms with E-state index in [1.807, 2.05) is 0 Å². The number of esters is 1. The third-order valence-electron chi connectivity index (χ3n) is 7.32. The van der Waals surface area contributed by atoms with Crippen molar-refractivity contribution in [2.75, 3.05) is 26.3 Å². The maximum absolute atomic E-state index is 13.9. The molecule has 1 unspecified atom stereocenters. The van der Waals surface area contributed by atoms with Gasteiger partial charge in [-0.1, -0.05) is 13.0 Å². The second-order valence-electron chi connectivity index (χ2n) is 9.49. The Kier molecular flexibility index (Phi) is 7.02. The molecule has 1 atom stereocenters. The minimum Gasteiger partial charge on any atom is -0.466 e. The van der Waals surface area contributed by atoms with Crippen LogP contribution in [0, 0.1) is 17.7 Å². The summed E-state index contributed by atoms with van der Waals surface area (Å²) in [5.41, 5.74) is -0.614. The maximum Gasteiger partial charge on any atom is 0.309 e. The summed E-state index contributed by atoms with van der Waals surface area (Å²) >= 11 is 0. The molecule has 33 heavy (non-hydrogen) atoms. The summed E-state index contributed by atoms with van der Waals surface area (Å²) in [5, 5.41) is 0. The standard InChI is InChI=1S/C25H33FN2O5/c1-3-32-24(31)18-9-13-27(14-10-18)23(30)21-16-33-25(11-7-17(2)8-12-25)28(21)22(29)19-5-4-6-20(26)15-19/h4-6,15,17-18,21H,3,7-14,16H2,1-2H3. The number of benzene rings is 1. The molecule has 3 aliphatic rings. The topological polar surface area (TPSA) is 76.2 Å². The van der Waals surface area contributed by atoms with Gasteiger partial charge in [0.25, 0.3) is 5.91 Å². The summed E-state index contributed by atoms with van der Waals surface area (Å²) < 4.78 is 25.2. The van der Waals surface area contributed by atoms with Gasteiger partial charge in [-0.05, 0) is 69.6 Å². The van der Waals surface area contributed by atoms with Crippen LogP contribution in [0.2, 0.25) is 0 Å². The Labute approximate surface area is 194 Å². The fraction of sp³-hybridized carbons (Fsp3) is 0.640. The predicted octanol–water partition coefficient (Wildman–Crippen LogP) is 3.37. The molecule has 3 fully saturated rings. The number of halogens is 1. The zero-order chi connectivity index (χ0) is 23.6. The Balaban J connectivity index is 1.54. The number of amides is 2. The van der Waals surface area contributed by atoms with E-state index in [-0.39, 0.29) is 35.9 Å². The summed E-state index contributed by atoms with van der Waals surface area (Å²) in [7, 11) is 0. The van der Waals surface area contributed by atoms with Crippen LogP contribution >= 0.6 is 0 Å². The molecule has 2 aliphatic heterocycles. The molecular weight excluding hydrogens is 427 g/mol. The predicted molar refractivity (Wildman–Crippen MR) is 119 cm³/mol. The number of rotatable bonds is 4. The van der Waals surface area contributed by atoms with Gasteiger partial charge in [-0.3, -0.25) is 19.3 Å². The first kappa shape index (κ1) is 23.7. The van der Waals surface area contributed by atoms with E-state index in [1.165, 1.54) is 18.2 Å². The Morgan fingerprint density at radius 2 is 1.85 bits per heavy atom. The molecule has 1 aromatic carbocycles. The molecule has 1 spiro atoms. The van der Waals surface area contributed by atoms with Gasteiger partial charge in [0.1, 0.15) is 17.6 Å². The number of hydrogen-bond donors (Lipinski definition) is 0. The number of piperidine rings is 1. The van der Waals surface area contributed by atoms with Gasteiger partial charge in [-0.2, -0.15) is 0 Å². The fourth-order valence-corrected chi connectivity index (χ4v) is 5.34. The van der Waals surface area contributed by atoms with Gasteiger partial charge in [0.2, 0.25) is 5.91 Å². The van der Waals surface area contributed by atoms with Gasteiger partial charge < -0.3 is 14.4 Å². The van der Waals surface area contributed by atoms with Crippen molar-refractivity contribution in [2.24, 2.45) is 11.8 Å². The molecule has 8 heteroatoms. The van der Waals surface area contributed by atoms with E-state index >= 15 is 0 Å². The minimum absolute atomic E-state index is 0.131. The molecule has 7 nitrogen and oxygen atoms in total. The van der Waals surface area contributed by atoms with Crippen LogP contribution in [0.1, 0.15) is 62.7 Å². The Morgan fingerprint density at radius 3 is 2.48 bits per heavy atom. The van der Waals surface area contributed by atoms with Crippen LogP contribution in [-0.4, -0.2) is 65.7 Å². The van der Waals surface area contributed by atoms with Crippen LogP contribution in [0.15, 0.2) is 24.3 Å². The van der Waals surface area contributed by atoms with E-state index in [2.05, 4.69) is 6.92 Å². The van der Waals surface area contributed by atoms with Crippen molar-refractivity contribution in [2.45, 2.75) is 64.1 Å². The van der Waals surface area contributed by atoms with Gasteiger partial charge in [0.15, 0.2) is 0 Å². The lowest BCUT2D eigenvalue weighted by Gasteiger charge is -2.43. The minimum atomic E-state index is -0.834. The Hall–Kier alpha value is -2.48. The lowest BCUT2D eigenvalue weighted by Crippen LogP contribution is -2.58. The van der Waals surface area contributed by atoms with Crippen LogP contribution in [-0.2, 0) is 19.1 Å². The van der Waals surface area contributed by atoms with Crippen LogP contribution < -0.4 is 0 Å². The molecule has 2 saturated heterocycles. The van der Waals surface area contributed by atoms with Gasteiger partial charge >= 0.3 is 5.97 Å². The van der Waals surface area contributed by atoms with Crippen LogP contribution in [0.25, 0.3) is 0 Å². The van der Waals surface area contributed by atoms with E-state index in [1.54, 1.807) is 22.8 Å². The molecule has 2 heterocycles. The van der Waals surface area contributed by atoms with Crippen molar-refractivity contribution in [1.82, 2.24) is 9.80 Å².